The summed E-state index contributed by atoms with van der Waals surface area (Å²) in [5.41, 5.74) is 1.45. The summed E-state index contributed by atoms with van der Waals surface area (Å²) in [6.45, 7) is 0.0381. The number of aromatic nitrogens is 2. The number of aromatic amines is 1. The van der Waals surface area contributed by atoms with Gasteiger partial charge in [0.25, 0.3) is 15.9 Å². The number of pyridine rings is 1. The van der Waals surface area contributed by atoms with Gasteiger partial charge in [0.15, 0.2) is 11.5 Å². The van der Waals surface area contributed by atoms with E-state index in [4.69, 9.17) is 9.47 Å². The molecule has 42 heavy (non-hydrogen) atoms. The fourth-order valence-electron chi connectivity index (χ4n) is 5.03. The van der Waals surface area contributed by atoms with E-state index >= 15 is 0 Å². The molecule has 0 radical (unpaired) electrons. The lowest BCUT2D eigenvalue weighted by atomic mass is 10.0. The minimum Gasteiger partial charge on any atom is -0.454 e. The number of carbonyl (C=O) groups is 1. The average molecular weight is 605 g/mol. The fraction of sp³-hybridized carbons (Fsp3) is 0.259. The number of hydrogen-bond acceptors (Lipinski definition) is 8. The summed E-state index contributed by atoms with van der Waals surface area (Å²) in [6, 6.07) is 9.89. The minimum absolute atomic E-state index is 0.0381. The predicted octanol–water partition coefficient (Wildman–Crippen LogP) is 4.30. The van der Waals surface area contributed by atoms with Crippen LogP contribution in [0.4, 0.5) is 18.9 Å². The number of halogens is 3. The molecule has 6 rings (SSSR count). The minimum atomic E-state index is -4.92. The number of hydrogen-bond donors (Lipinski definition) is 4. The Kier molecular flexibility index (Phi) is 6.85. The van der Waals surface area contributed by atoms with Gasteiger partial charge in [-0.25, -0.2) is 13.4 Å². The largest absolute Gasteiger partial charge is 0.573 e. The Morgan fingerprint density at radius 1 is 1.07 bits per heavy atom. The number of H-pyrrole nitrogens is 1. The maximum Gasteiger partial charge on any atom is 0.573 e. The van der Waals surface area contributed by atoms with Gasteiger partial charge >= 0.3 is 6.36 Å². The fourth-order valence-corrected chi connectivity index (χ4v) is 6.07. The van der Waals surface area contributed by atoms with E-state index in [1.165, 1.54) is 12.3 Å². The molecule has 1 amide bonds. The number of benzene rings is 2. The van der Waals surface area contributed by atoms with Crippen LogP contribution in [0, 0.1) is 0 Å². The van der Waals surface area contributed by atoms with E-state index in [1.54, 1.807) is 18.2 Å². The van der Waals surface area contributed by atoms with Gasteiger partial charge in [-0.2, -0.15) is 0 Å². The second kappa shape index (κ2) is 10.4. The number of anilines is 1. The van der Waals surface area contributed by atoms with Crippen molar-refractivity contribution in [2.24, 2.45) is 0 Å². The van der Waals surface area contributed by atoms with Crippen molar-refractivity contribution in [2.45, 2.75) is 42.7 Å². The molecule has 1 fully saturated rings. The molecular weight excluding hydrogens is 581 g/mol. The molecule has 4 aromatic rings. The molecule has 220 valence electrons. The van der Waals surface area contributed by atoms with E-state index in [-0.39, 0.29) is 28.7 Å². The third-order valence-electron chi connectivity index (χ3n) is 6.95. The van der Waals surface area contributed by atoms with Crippen molar-refractivity contribution in [1.29, 1.82) is 0 Å². The van der Waals surface area contributed by atoms with Crippen LogP contribution in [0.25, 0.3) is 22.2 Å². The first-order chi connectivity index (χ1) is 20.0. The molecule has 2 aromatic heterocycles. The van der Waals surface area contributed by atoms with Crippen LogP contribution >= 0.6 is 0 Å². The summed E-state index contributed by atoms with van der Waals surface area (Å²) in [5, 5.41) is 13.5. The molecular formula is C27H23F3N4O7S. The number of amides is 1. The second-order valence-corrected chi connectivity index (χ2v) is 11.4. The molecule has 2 atom stereocenters. The normalized spacial score (nSPS) is 18.3. The third-order valence-corrected chi connectivity index (χ3v) is 8.35. The highest BCUT2D eigenvalue weighted by atomic mass is 32.2. The number of ether oxygens (including phenoxy) is 3. The standard InChI is InChI=1S/C27H23F3N4O7S/c28-27(29,30)41-16-5-7-17(8-6-16)42(37,38)34-15-11-18-23(14-4-9-21-22(10-14)40-13-39-21)24(33-25(18)31-12-15)26(36)32-19-2-1-3-20(19)35/h4-12,19-20,34-35H,1-3,13H2,(H,31,33)(H,32,36)/t19-,20+/m0/s1. The molecule has 1 aliphatic heterocycles. The number of nitrogens with zero attached hydrogens (tertiary/aromatic N) is 1. The molecule has 2 aliphatic rings. The Morgan fingerprint density at radius 3 is 2.55 bits per heavy atom. The number of aliphatic hydroxyl groups excluding tert-OH is 1. The van der Waals surface area contributed by atoms with Crippen molar-refractivity contribution in [2.75, 3.05) is 11.5 Å². The molecule has 2 aromatic carbocycles. The summed E-state index contributed by atoms with van der Waals surface area (Å²) < 4.78 is 80.5. The first-order valence-corrected chi connectivity index (χ1v) is 14.2. The van der Waals surface area contributed by atoms with Gasteiger partial charge in [0, 0.05) is 10.9 Å². The van der Waals surface area contributed by atoms with Crippen molar-refractivity contribution in [3.05, 3.63) is 60.4 Å². The maximum atomic E-state index is 13.4. The zero-order valence-corrected chi connectivity index (χ0v) is 22.4. The molecule has 0 unspecified atom stereocenters. The van der Waals surface area contributed by atoms with Gasteiger partial charge in [-0.05, 0) is 67.3 Å². The summed E-state index contributed by atoms with van der Waals surface area (Å²) in [6.07, 6.45) is -2.37. The van der Waals surface area contributed by atoms with Crippen LogP contribution in [0.15, 0.2) is 59.6 Å². The zero-order valence-electron chi connectivity index (χ0n) is 21.6. The zero-order chi connectivity index (χ0) is 29.6. The van der Waals surface area contributed by atoms with Crippen LogP contribution in [-0.2, 0) is 10.0 Å². The highest BCUT2D eigenvalue weighted by Crippen LogP contribution is 2.40. The Bertz CT molecular complexity index is 1780. The quantitative estimate of drug-likeness (QED) is 0.244. The van der Waals surface area contributed by atoms with Gasteiger partial charge in [-0.15, -0.1) is 13.2 Å². The number of alkyl halides is 3. The Hall–Kier alpha value is -4.50. The molecule has 15 heteroatoms. The van der Waals surface area contributed by atoms with Crippen LogP contribution in [0.5, 0.6) is 17.2 Å². The smallest absolute Gasteiger partial charge is 0.454 e. The number of rotatable bonds is 7. The van der Waals surface area contributed by atoms with E-state index in [0.29, 0.717) is 40.9 Å². The van der Waals surface area contributed by atoms with Crippen molar-refractivity contribution >= 4 is 32.7 Å². The summed E-state index contributed by atoms with van der Waals surface area (Å²) >= 11 is 0. The summed E-state index contributed by atoms with van der Waals surface area (Å²) in [7, 11) is -4.24. The van der Waals surface area contributed by atoms with Gasteiger partial charge in [0.05, 0.1) is 28.9 Å². The van der Waals surface area contributed by atoms with Crippen LogP contribution in [0.2, 0.25) is 0 Å². The average Bonchev–Trinajstić information content (AvgIpc) is 3.65. The lowest BCUT2D eigenvalue weighted by Crippen LogP contribution is -2.40. The van der Waals surface area contributed by atoms with E-state index in [9.17, 15) is 31.5 Å². The van der Waals surface area contributed by atoms with Crippen molar-refractivity contribution in [3.63, 3.8) is 0 Å². The monoisotopic (exact) mass is 604 g/mol. The summed E-state index contributed by atoms with van der Waals surface area (Å²) in [4.78, 5) is 20.4. The van der Waals surface area contributed by atoms with Crippen LogP contribution in [-0.4, -0.2) is 54.7 Å². The molecule has 1 aliphatic carbocycles. The molecule has 11 nitrogen and oxygen atoms in total. The Labute approximate surface area is 236 Å². The van der Waals surface area contributed by atoms with Crippen LogP contribution < -0.4 is 24.2 Å². The molecule has 0 bridgehead atoms. The van der Waals surface area contributed by atoms with Gasteiger partial charge < -0.3 is 29.6 Å². The number of sulfonamides is 1. The third kappa shape index (κ3) is 5.52. The van der Waals surface area contributed by atoms with Crippen molar-refractivity contribution < 1.29 is 45.7 Å². The van der Waals surface area contributed by atoms with Gasteiger partial charge in [0.2, 0.25) is 6.79 Å². The molecule has 3 heterocycles. The van der Waals surface area contributed by atoms with Crippen LogP contribution in [0.3, 0.4) is 0 Å². The summed E-state index contributed by atoms with van der Waals surface area (Å²) in [5.74, 6) is -0.0600. The van der Waals surface area contributed by atoms with Gasteiger partial charge in [-0.3, -0.25) is 9.52 Å². The van der Waals surface area contributed by atoms with Gasteiger partial charge in [-0.1, -0.05) is 6.07 Å². The second-order valence-electron chi connectivity index (χ2n) is 9.77. The molecule has 0 saturated heterocycles. The first kappa shape index (κ1) is 27.7. The lowest BCUT2D eigenvalue weighted by Gasteiger charge is -2.16. The van der Waals surface area contributed by atoms with Crippen molar-refractivity contribution in [1.82, 2.24) is 15.3 Å². The first-order valence-electron chi connectivity index (χ1n) is 12.8. The topological polar surface area (TPSA) is 152 Å². The molecule has 1 saturated carbocycles. The van der Waals surface area contributed by atoms with Crippen LogP contribution in [0.1, 0.15) is 29.8 Å². The maximum absolute atomic E-state index is 13.4. The van der Waals surface area contributed by atoms with Gasteiger partial charge in [0.1, 0.15) is 17.1 Å². The number of fused-ring (bicyclic) bond motifs is 2. The number of carbonyl (C=O) groups excluding carboxylic acids is 1. The lowest BCUT2D eigenvalue weighted by molar-refractivity contribution is -0.274. The van der Waals surface area contributed by atoms with Crippen molar-refractivity contribution in [3.8, 4) is 28.4 Å². The van der Waals surface area contributed by atoms with E-state index in [1.807, 2.05) is 0 Å². The SMILES string of the molecule is O=C(N[C@H]1CCC[C@H]1O)c1[nH]c2ncc(NS(=O)(=O)c3ccc(OC(F)(F)F)cc3)cc2c1-c1ccc2c(c1)OCO2. The highest BCUT2D eigenvalue weighted by molar-refractivity contribution is 7.92. The molecule has 0 spiro atoms. The van der Waals surface area contributed by atoms with E-state index in [0.717, 1.165) is 30.7 Å². The number of nitrogens with one attached hydrogen (secondary N) is 3. The Morgan fingerprint density at radius 2 is 1.83 bits per heavy atom. The van der Waals surface area contributed by atoms with E-state index in [2.05, 4.69) is 24.7 Å². The highest BCUT2D eigenvalue weighted by Gasteiger charge is 2.32. The molecule has 4 N–H and O–H groups in total. The predicted molar refractivity (Wildman–Crippen MR) is 143 cm³/mol. The van der Waals surface area contributed by atoms with E-state index < -0.39 is 40.2 Å². The Balaban J connectivity index is 1.36. The number of aliphatic hydroxyl groups is 1.